The number of amides is 4. The van der Waals surface area contributed by atoms with Crippen molar-refractivity contribution in [2.24, 2.45) is 5.92 Å². The van der Waals surface area contributed by atoms with Crippen LogP contribution in [0.25, 0.3) is 0 Å². The van der Waals surface area contributed by atoms with Crippen LogP contribution < -0.4 is 21.3 Å². The first-order valence-electron chi connectivity index (χ1n) is 37.9. The number of hydrogen-bond donors (Lipinski definition) is 28. The second-order valence-corrected chi connectivity index (χ2v) is 30.1. The van der Waals surface area contributed by atoms with Crippen LogP contribution in [-0.2, 0) is 109 Å². The predicted octanol–water partition coefficient (Wildman–Crippen LogP) is -18.5. The zero-order chi connectivity index (χ0) is 87.1. The summed E-state index contributed by atoms with van der Waals surface area (Å²) in [7, 11) is 0. The molecule has 9 fully saturated rings. The molecule has 0 radical (unpaired) electrons. The second-order valence-electron chi connectivity index (χ2n) is 30.1. The maximum absolute atomic E-state index is 13.2. The van der Waals surface area contributed by atoms with E-state index in [1.165, 1.54) is 13.8 Å². The molecule has 51 heteroatoms. The van der Waals surface area contributed by atoms with Gasteiger partial charge in [-0.25, -0.2) is 0 Å². The fourth-order valence-electron chi connectivity index (χ4n) is 15.4. The number of ether oxygens (including phenoxy) is 18. The van der Waals surface area contributed by atoms with Gasteiger partial charge in [0.25, 0.3) is 6.47 Å². The molecular formula is C67H112N4O47. The van der Waals surface area contributed by atoms with Gasteiger partial charge in [-0.1, -0.05) is 6.92 Å². The SMILES string of the molecule is CC(=O)NC1C(O)[C@H](O)[C@H](CO)O[C@H]1OC1[C@@H](OCC2O[C@@H](O[C@@H]3C(CO)O[C@@H](O[C@@H]4C(CO)O[C@@H](C)C(NC(C)=O)[C@H]4O)C(NC(C)=O)[C@H]3O)C(O)[C@@H](O[C@H]3OC(CO)[C@@H](O)C(O)C3O[C@@H]3OC(CO)[C@H](O[C@@H]4OC(CO[C@]5(OC=O)C[C@@H](O)[C@@H](C)C(C(O)C(O)CO)O5)[C@H](O)[C@H](O)C4O)[C@H](O)C3NC(C)=O)[C@@H]2O)OC(CO)[C@@H](O)[C@@H]1O. The van der Waals surface area contributed by atoms with Crippen molar-refractivity contribution in [3.63, 3.8) is 0 Å². The number of aliphatic hydroxyl groups is 24. The lowest BCUT2D eigenvalue weighted by atomic mass is 9.87. The van der Waals surface area contributed by atoms with Crippen LogP contribution in [0.15, 0.2) is 0 Å². The Balaban J connectivity index is 1.03. The van der Waals surface area contributed by atoms with Crippen LogP contribution >= 0.6 is 0 Å². The van der Waals surface area contributed by atoms with Gasteiger partial charge >= 0.3 is 5.97 Å². The van der Waals surface area contributed by atoms with Crippen molar-refractivity contribution in [1.82, 2.24) is 21.3 Å². The van der Waals surface area contributed by atoms with Crippen molar-refractivity contribution < 1.29 is 232 Å². The van der Waals surface area contributed by atoms with Crippen LogP contribution in [0.5, 0.6) is 0 Å². The summed E-state index contributed by atoms with van der Waals surface area (Å²) in [5, 5.41) is 278. The zero-order valence-corrected chi connectivity index (χ0v) is 64.3. The summed E-state index contributed by atoms with van der Waals surface area (Å²) in [5.41, 5.74) is 0. The molecule has 0 aromatic rings. The van der Waals surface area contributed by atoms with Crippen molar-refractivity contribution in [3.05, 3.63) is 0 Å². The highest BCUT2D eigenvalue weighted by Crippen LogP contribution is 2.42. The van der Waals surface area contributed by atoms with E-state index >= 15 is 0 Å². The smallest absolute Gasteiger partial charge is 0.332 e. The van der Waals surface area contributed by atoms with Crippen molar-refractivity contribution in [3.8, 4) is 0 Å². The minimum absolute atomic E-state index is 0.188. The Morgan fingerprint density at radius 2 is 0.737 bits per heavy atom. The van der Waals surface area contributed by atoms with E-state index in [4.69, 9.17) is 85.3 Å². The highest BCUT2D eigenvalue weighted by molar-refractivity contribution is 5.74. The number of hydrogen-bond acceptors (Lipinski definition) is 47. The Hall–Kier alpha value is -4.29. The van der Waals surface area contributed by atoms with Gasteiger partial charge in [0.1, 0.15) is 201 Å². The third kappa shape index (κ3) is 21.8. The van der Waals surface area contributed by atoms with Crippen LogP contribution in [-0.4, -0.2) is 488 Å². The number of carbonyl (C=O) groups excluding carboxylic acids is 5. The van der Waals surface area contributed by atoms with Gasteiger partial charge in [0.15, 0.2) is 44.0 Å². The second kappa shape index (κ2) is 42.6. The van der Waals surface area contributed by atoms with Gasteiger partial charge in [-0.05, 0) is 6.92 Å². The van der Waals surface area contributed by atoms with E-state index in [1.807, 2.05) is 0 Å². The fraction of sp³-hybridized carbons (Fsp3) is 0.925. The average molecular weight is 1730 g/mol. The molecule has 0 bridgehead atoms. The van der Waals surface area contributed by atoms with Gasteiger partial charge < -0.3 is 229 Å². The van der Waals surface area contributed by atoms with Crippen molar-refractivity contribution >= 4 is 30.1 Å². The number of aliphatic hydroxyl groups excluding tert-OH is 24. The van der Waals surface area contributed by atoms with Gasteiger partial charge in [0, 0.05) is 33.6 Å². The molecule has 9 saturated heterocycles. The Kier molecular flexibility index (Phi) is 35.2. The maximum atomic E-state index is 13.2. The van der Waals surface area contributed by atoms with Crippen molar-refractivity contribution in [2.45, 2.75) is 324 Å². The van der Waals surface area contributed by atoms with Crippen molar-refractivity contribution in [2.75, 3.05) is 59.5 Å². The monoisotopic (exact) mass is 1720 g/mol. The van der Waals surface area contributed by atoms with Gasteiger partial charge in [-0.3, -0.25) is 24.0 Å². The minimum atomic E-state index is -2.66. The van der Waals surface area contributed by atoms with Crippen molar-refractivity contribution in [1.29, 1.82) is 0 Å². The summed E-state index contributed by atoms with van der Waals surface area (Å²) >= 11 is 0. The van der Waals surface area contributed by atoms with E-state index < -0.39 is 371 Å². The Morgan fingerprint density at radius 1 is 0.381 bits per heavy atom. The number of nitrogens with one attached hydrogen (secondary N) is 4. The first-order valence-corrected chi connectivity index (χ1v) is 37.9. The molecule has 9 aliphatic rings. The molecule has 0 aliphatic carbocycles. The van der Waals surface area contributed by atoms with Crippen LogP contribution in [0, 0.1) is 5.92 Å². The highest BCUT2D eigenvalue weighted by Gasteiger charge is 2.61. The lowest BCUT2D eigenvalue weighted by Gasteiger charge is -2.51. The molecule has 0 spiro atoms. The number of carbonyl (C=O) groups is 5. The van der Waals surface area contributed by atoms with E-state index in [-0.39, 0.29) is 6.47 Å². The molecule has 9 rings (SSSR count). The molecule has 28 N–H and O–H groups in total. The Morgan fingerprint density at radius 3 is 1.19 bits per heavy atom. The predicted molar refractivity (Wildman–Crippen MR) is 367 cm³/mol. The molecule has 0 aromatic heterocycles. The third-order valence-electron chi connectivity index (χ3n) is 21.9. The van der Waals surface area contributed by atoms with E-state index in [2.05, 4.69) is 21.3 Å². The summed E-state index contributed by atoms with van der Waals surface area (Å²) in [6.45, 7) is -3.02. The summed E-state index contributed by atoms with van der Waals surface area (Å²) < 4.78 is 107. The lowest BCUT2D eigenvalue weighted by molar-refractivity contribution is -0.424. The van der Waals surface area contributed by atoms with Gasteiger partial charge in [0.2, 0.25) is 23.6 Å². The molecule has 51 nitrogen and oxygen atoms in total. The molecule has 4 amide bonds. The third-order valence-corrected chi connectivity index (χ3v) is 21.9. The summed E-state index contributed by atoms with van der Waals surface area (Å²) in [6.07, 6.45) is -82.2. The molecule has 9 aliphatic heterocycles. The Bertz CT molecular complexity index is 3180. The summed E-state index contributed by atoms with van der Waals surface area (Å²) in [4.78, 5) is 62.8. The van der Waals surface area contributed by atoms with Crippen LogP contribution in [0.1, 0.15) is 48.0 Å². The molecule has 118 heavy (non-hydrogen) atoms. The molecule has 0 saturated carbocycles. The molecule has 46 atom stereocenters. The normalized spacial score (nSPS) is 47.5. The van der Waals surface area contributed by atoms with E-state index in [0.717, 1.165) is 27.7 Å². The fourth-order valence-corrected chi connectivity index (χ4v) is 15.4. The molecule has 682 valence electrons. The lowest BCUT2D eigenvalue weighted by Crippen LogP contribution is -2.71. The van der Waals surface area contributed by atoms with E-state index in [1.54, 1.807) is 0 Å². The minimum Gasteiger partial charge on any atom is -0.410 e. The van der Waals surface area contributed by atoms with Gasteiger partial charge in [-0.2, -0.15) is 0 Å². The topological polar surface area (TPSA) is 785 Å². The van der Waals surface area contributed by atoms with Gasteiger partial charge in [-0.15, -0.1) is 0 Å². The summed E-state index contributed by atoms with van der Waals surface area (Å²) in [5.74, 6) is -7.07. The number of rotatable bonds is 33. The van der Waals surface area contributed by atoms with E-state index in [0.29, 0.717) is 0 Å². The molecule has 0 aromatic carbocycles. The average Bonchev–Trinajstić information content (AvgIpc) is 0.766. The summed E-state index contributed by atoms with van der Waals surface area (Å²) in [6, 6.07) is -6.85. The zero-order valence-electron chi connectivity index (χ0n) is 64.3. The van der Waals surface area contributed by atoms with E-state index in [9.17, 15) is 147 Å². The largest absolute Gasteiger partial charge is 0.410 e. The van der Waals surface area contributed by atoms with Crippen LogP contribution in [0.2, 0.25) is 0 Å². The molecular weight excluding hydrogens is 1610 g/mol. The first-order chi connectivity index (χ1) is 55.8. The quantitative estimate of drug-likeness (QED) is 0.0214. The molecule has 9 heterocycles. The van der Waals surface area contributed by atoms with Crippen LogP contribution in [0.4, 0.5) is 0 Å². The Labute approximate surface area is 670 Å². The first kappa shape index (κ1) is 97.5. The molecule has 20 unspecified atom stereocenters. The van der Waals surface area contributed by atoms with Gasteiger partial charge in [0.05, 0.1) is 90.2 Å². The highest BCUT2D eigenvalue weighted by atomic mass is 16.9. The standard InChI is InChI=1S/C67H112N4O47/c1-18-24(84)7-67(103-17-79,118-53(18)38(86)25(85)8-72)102-16-33-42(90)48(96)51(99)63(111-33)113-55-30(13-77)109-62(37(47(55)95)71-23(6)83)117-59-50(98)41(89)28(11-75)107-66(59)115-57-43(91)32(15-101-65-58(49(97)40(88)27(10-74)106-65)116-60-35(69-21(4)81)44(92)39(87)26(9-73)105-60)110-64(52(57)100)114-56-31(14-78)108-61(36(46(56)94)70-22(5)82)112-54-29(12-76)104-19(2)34(45(54)93)68-20(3)80/h17-19,24-66,72-78,84-100H,7-16H2,1-6H3,(H,68,80)(H,69,81)(H,70,82)(H,71,83)/t18-,19+,24-,25?,26+,27?,28?,29?,30?,31?,32?,33?,34?,35?,36?,37?,38?,39-,40-,41-,42+,43-,44?,45-,46-,47-,48+,49+,50?,51?,52?,53?,54-,55+,56-,57+,58?,59?,60+,61+,62+,63+,64+,65+,66-,67+/m1/s1. The van der Waals surface area contributed by atoms with Crippen LogP contribution in [0.3, 0.4) is 0 Å². The maximum Gasteiger partial charge on any atom is 0.332 e.